The van der Waals surface area contributed by atoms with Crippen molar-refractivity contribution in [2.75, 3.05) is 20.6 Å². The van der Waals surface area contributed by atoms with Crippen LogP contribution in [0.25, 0.3) is 20.5 Å². The first-order chi connectivity index (χ1) is 15.5. The molecule has 2 unspecified atom stereocenters. The van der Waals surface area contributed by atoms with Gasteiger partial charge in [0.05, 0.1) is 12.7 Å². The van der Waals surface area contributed by atoms with Crippen LogP contribution in [0.15, 0.2) is 66.7 Å². The Morgan fingerprint density at radius 1 is 1.06 bits per heavy atom. The average Bonchev–Trinajstić information content (AvgIpc) is 3.36. The molecule has 2 nitrogen and oxygen atoms in total. The number of thiophene rings is 1. The van der Waals surface area contributed by atoms with E-state index >= 15 is 0 Å². The minimum absolute atomic E-state index is 0.00651. The fraction of sp³-hybridized carbons (Fsp3) is 0.286. The van der Waals surface area contributed by atoms with Crippen molar-refractivity contribution < 1.29 is 9.13 Å². The van der Waals surface area contributed by atoms with E-state index in [0.29, 0.717) is 6.61 Å². The zero-order valence-corrected chi connectivity index (χ0v) is 19.6. The van der Waals surface area contributed by atoms with Gasteiger partial charge in [0.2, 0.25) is 0 Å². The molecule has 1 aromatic heterocycles. The lowest BCUT2D eigenvalue weighted by Gasteiger charge is -2.26. The van der Waals surface area contributed by atoms with Gasteiger partial charge >= 0.3 is 0 Å². The lowest BCUT2D eigenvalue weighted by Crippen LogP contribution is -2.19. The van der Waals surface area contributed by atoms with Gasteiger partial charge in [-0.1, -0.05) is 42.5 Å². The number of ether oxygens (including phenoxy) is 1. The highest BCUT2D eigenvalue weighted by molar-refractivity contribution is 7.22. The number of halogens is 1. The molecule has 0 radical (unpaired) electrons. The Bertz CT molecular complexity index is 1240. The summed E-state index contributed by atoms with van der Waals surface area (Å²) in [5, 5.41) is 1.34. The van der Waals surface area contributed by atoms with E-state index in [9.17, 15) is 4.39 Å². The Morgan fingerprint density at radius 3 is 2.59 bits per heavy atom. The number of nitrogens with zero attached hydrogens (tertiary/aromatic N) is 1. The Kier molecular flexibility index (Phi) is 5.85. The van der Waals surface area contributed by atoms with Crippen LogP contribution in [0.2, 0.25) is 0 Å². The summed E-state index contributed by atoms with van der Waals surface area (Å²) in [5.74, 6) is -0.00708. The third kappa shape index (κ3) is 3.99. The molecule has 2 atom stereocenters. The van der Waals surface area contributed by atoms with Crippen LogP contribution >= 0.6 is 11.3 Å². The molecule has 4 heteroatoms. The molecule has 3 aromatic carbocycles. The first kappa shape index (κ1) is 21.3. The van der Waals surface area contributed by atoms with Crippen molar-refractivity contribution in [1.82, 2.24) is 4.90 Å². The van der Waals surface area contributed by atoms with Crippen molar-refractivity contribution in [3.05, 3.63) is 94.8 Å². The predicted molar refractivity (Wildman–Crippen MR) is 132 cm³/mol. The maximum absolute atomic E-state index is 13.6. The molecule has 0 saturated carbocycles. The van der Waals surface area contributed by atoms with Crippen LogP contribution in [0.1, 0.15) is 40.7 Å². The Labute approximate surface area is 193 Å². The standard InChI is InChI=1S/C28H28FNOS/c1-18-23-6-4-5-7-26(23)32-28(18)20-10-13-24-21(16-20)17-31-27(24)25(14-15-30(2)3)19-8-11-22(29)12-9-19/h4-13,16,25,27H,14-15,17H2,1-3H3. The summed E-state index contributed by atoms with van der Waals surface area (Å²) in [6.45, 7) is 3.79. The molecular weight excluding hydrogens is 417 g/mol. The maximum atomic E-state index is 13.6. The van der Waals surface area contributed by atoms with Gasteiger partial charge in [-0.2, -0.15) is 0 Å². The molecule has 32 heavy (non-hydrogen) atoms. The molecule has 0 saturated heterocycles. The van der Waals surface area contributed by atoms with E-state index in [1.54, 1.807) is 12.1 Å². The second kappa shape index (κ2) is 8.78. The lowest BCUT2D eigenvalue weighted by molar-refractivity contribution is 0.0420. The Balaban J connectivity index is 1.49. The second-order valence-corrected chi connectivity index (χ2v) is 10.00. The number of rotatable bonds is 6. The fourth-order valence-electron chi connectivity index (χ4n) is 4.80. The molecule has 0 amide bonds. The van der Waals surface area contributed by atoms with Crippen LogP contribution in [0.5, 0.6) is 0 Å². The molecule has 1 aliphatic heterocycles. The van der Waals surface area contributed by atoms with Gasteiger partial charge in [0.25, 0.3) is 0 Å². The zero-order chi connectivity index (χ0) is 22.2. The van der Waals surface area contributed by atoms with Crippen molar-refractivity contribution in [2.45, 2.75) is 32.0 Å². The molecule has 2 heterocycles. The lowest BCUT2D eigenvalue weighted by atomic mass is 9.85. The van der Waals surface area contributed by atoms with Crippen molar-refractivity contribution >= 4 is 21.4 Å². The second-order valence-electron chi connectivity index (χ2n) is 8.95. The van der Waals surface area contributed by atoms with E-state index in [-0.39, 0.29) is 17.8 Å². The highest BCUT2D eigenvalue weighted by atomic mass is 32.1. The largest absolute Gasteiger partial charge is 0.368 e. The monoisotopic (exact) mass is 445 g/mol. The third-order valence-corrected chi connectivity index (χ3v) is 7.85. The van der Waals surface area contributed by atoms with Crippen molar-refractivity contribution in [2.24, 2.45) is 0 Å². The minimum atomic E-state index is -0.198. The molecule has 0 spiro atoms. The highest BCUT2D eigenvalue weighted by Crippen LogP contribution is 2.45. The van der Waals surface area contributed by atoms with E-state index in [4.69, 9.17) is 4.74 Å². The summed E-state index contributed by atoms with van der Waals surface area (Å²) in [6.07, 6.45) is 0.952. The average molecular weight is 446 g/mol. The van der Waals surface area contributed by atoms with Crippen molar-refractivity contribution in [3.8, 4) is 10.4 Å². The smallest absolute Gasteiger partial charge is 0.123 e. The molecule has 5 rings (SSSR count). The molecule has 1 aliphatic rings. The van der Waals surface area contributed by atoms with Gasteiger partial charge < -0.3 is 9.64 Å². The van der Waals surface area contributed by atoms with Crippen molar-refractivity contribution in [3.63, 3.8) is 0 Å². The van der Waals surface area contributed by atoms with E-state index in [2.05, 4.69) is 68.4 Å². The Hall–Kier alpha value is -2.53. The topological polar surface area (TPSA) is 12.5 Å². The maximum Gasteiger partial charge on any atom is 0.123 e. The van der Waals surface area contributed by atoms with Crippen LogP contribution in [-0.2, 0) is 11.3 Å². The molecule has 0 aliphatic carbocycles. The van der Waals surface area contributed by atoms with Gasteiger partial charge in [-0.05, 0) is 91.5 Å². The molecule has 0 bridgehead atoms. The minimum Gasteiger partial charge on any atom is -0.368 e. The van der Waals surface area contributed by atoms with Crippen LogP contribution in [-0.4, -0.2) is 25.5 Å². The summed E-state index contributed by atoms with van der Waals surface area (Å²) in [5.41, 5.74) is 6.27. The van der Waals surface area contributed by atoms with Gasteiger partial charge in [0.1, 0.15) is 5.82 Å². The van der Waals surface area contributed by atoms with Crippen LogP contribution in [0, 0.1) is 12.7 Å². The first-order valence-corrected chi connectivity index (χ1v) is 12.0. The summed E-state index contributed by atoms with van der Waals surface area (Å²) >= 11 is 1.86. The molecule has 0 N–H and O–H groups in total. The summed E-state index contributed by atoms with van der Waals surface area (Å²) in [7, 11) is 4.18. The SMILES string of the molecule is Cc1c(-c2ccc3c(c2)COC3C(CCN(C)C)c2ccc(F)cc2)sc2ccccc12. The van der Waals surface area contributed by atoms with Gasteiger partial charge in [-0.25, -0.2) is 4.39 Å². The quantitative estimate of drug-likeness (QED) is 0.308. The van der Waals surface area contributed by atoms with E-state index in [1.807, 2.05) is 23.5 Å². The zero-order valence-electron chi connectivity index (χ0n) is 18.8. The highest BCUT2D eigenvalue weighted by Gasteiger charge is 2.32. The fourth-order valence-corrected chi connectivity index (χ4v) is 6.01. The van der Waals surface area contributed by atoms with E-state index in [0.717, 1.165) is 18.5 Å². The van der Waals surface area contributed by atoms with Crippen LogP contribution in [0.3, 0.4) is 0 Å². The molecule has 164 valence electrons. The molecule has 0 fully saturated rings. The third-order valence-electron chi connectivity index (χ3n) is 6.52. The van der Waals surface area contributed by atoms with Gasteiger partial charge in [-0.3, -0.25) is 0 Å². The number of aryl methyl sites for hydroxylation is 1. The number of hydrogen-bond donors (Lipinski definition) is 0. The van der Waals surface area contributed by atoms with E-state index < -0.39 is 0 Å². The number of benzene rings is 3. The normalized spacial score (nSPS) is 16.6. The molecular formula is C28H28FNOS. The van der Waals surface area contributed by atoms with Gasteiger partial charge in [-0.15, -0.1) is 11.3 Å². The van der Waals surface area contributed by atoms with Crippen LogP contribution < -0.4 is 0 Å². The predicted octanol–water partition coefficient (Wildman–Crippen LogP) is 7.32. The number of hydrogen-bond acceptors (Lipinski definition) is 3. The van der Waals surface area contributed by atoms with Gasteiger partial charge in [0, 0.05) is 15.5 Å². The summed E-state index contributed by atoms with van der Waals surface area (Å²) < 4.78 is 21.3. The molecule has 4 aromatic rings. The Morgan fingerprint density at radius 2 is 1.84 bits per heavy atom. The van der Waals surface area contributed by atoms with Crippen molar-refractivity contribution in [1.29, 1.82) is 0 Å². The van der Waals surface area contributed by atoms with Gasteiger partial charge in [0.15, 0.2) is 0 Å². The summed E-state index contributed by atoms with van der Waals surface area (Å²) in [6, 6.07) is 22.3. The first-order valence-electron chi connectivity index (χ1n) is 11.1. The van der Waals surface area contributed by atoms with E-state index in [1.165, 1.54) is 37.2 Å². The van der Waals surface area contributed by atoms with Crippen LogP contribution in [0.4, 0.5) is 4.39 Å². The summed E-state index contributed by atoms with van der Waals surface area (Å²) in [4.78, 5) is 3.53. The number of fused-ring (bicyclic) bond motifs is 2.